The van der Waals surface area contributed by atoms with Crippen LogP contribution in [-0.4, -0.2) is 49.0 Å². The van der Waals surface area contributed by atoms with Crippen LogP contribution < -0.4 is 9.47 Å². The first kappa shape index (κ1) is 27.2. The third kappa shape index (κ3) is 7.32. The molecule has 2 aliphatic rings. The van der Waals surface area contributed by atoms with Crippen LogP contribution in [0.25, 0.3) is 0 Å². The van der Waals surface area contributed by atoms with Gasteiger partial charge < -0.3 is 18.9 Å². The lowest BCUT2D eigenvalue weighted by Crippen LogP contribution is -2.11. The number of ether oxygens (including phenoxy) is 4. The minimum Gasteiger partial charge on any atom is -0.481 e. The normalized spacial score (nSPS) is 22.7. The summed E-state index contributed by atoms with van der Waals surface area (Å²) in [6.07, 6.45) is 8.93. The maximum absolute atomic E-state index is 11.4. The number of carbonyl (C=O) groups is 2. The second-order valence-corrected chi connectivity index (χ2v) is 8.70. The van der Waals surface area contributed by atoms with Crippen molar-refractivity contribution in [1.29, 1.82) is 0 Å². The van der Waals surface area contributed by atoms with Gasteiger partial charge in [-0.3, -0.25) is 9.59 Å². The van der Waals surface area contributed by atoms with Crippen molar-refractivity contribution in [1.82, 2.24) is 9.97 Å². The van der Waals surface area contributed by atoms with Crippen LogP contribution in [0.15, 0.2) is 62.0 Å². The van der Waals surface area contributed by atoms with E-state index in [1.807, 2.05) is 24.3 Å². The molecular weight excluding hydrogens is 460 g/mol. The molecular formula is C28H34N2O6. The van der Waals surface area contributed by atoms with Crippen LogP contribution in [0.4, 0.5) is 0 Å². The van der Waals surface area contributed by atoms with Crippen LogP contribution in [0.2, 0.25) is 0 Å². The van der Waals surface area contributed by atoms with Gasteiger partial charge in [-0.15, -0.1) is 0 Å². The number of allylic oxidation sites excluding steroid dienone is 2. The Kier molecular flexibility index (Phi) is 10.3. The maximum Gasteiger partial charge on any atom is 0.212 e. The molecule has 8 heteroatoms. The summed E-state index contributed by atoms with van der Waals surface area (Å²) in [6.45, 7) is 8.38. The molecule has 36 heavy (non-hydrogen) atoms. The van der Waals surface area contributed by atoms with Gasteiger partial charge >= 0.3 is 0 Å². The Morgan fingerprint density at radius 2 is 1.25 bits per heavy atom. The number of methoxy groups -OCH3 is 2. The Bertz CT molecular complexity index is 938. The fourth-order valence-electron chi connectivity index (χ4n) is 4.47. The van der Waals surface area contributed by atoms with E-state index in [0.29, 0.717) is 37.8 Å². The van der Waals surface area contributed by atoms with Gasteiger partial charge in [0.25, 0.3) is 0 Å². The first-order valence-electron chi connectivity index (χ1n) is 12.0. The highest BCUT2D eigenvalue weighted by atomic mass is 16.5. The van der Waals surface area contributed by atoms with Crippen molar-refractivity contribution in [2.24, 2.45) is 11.8 Å². The van der Waals surface area contributed by atoms with E-state index in [1.54, 1.807) is 26.6 Å². The van der Waals surface area contributed by atoms with E-state index in [4.69, 9.17) is 18.9 Å². The summed E-state index contributed by atoms with van der Waals surface area (Å²) < 4.78 is 21.4. The largest absolute Gasteiger partial charge is 0.481 e. The number of ketones is 2. The Balaban J connectivity index is 0.000000201. The van der Waals surface area contributed by atoms with Crippen LogP contribution in [0.1, 0.15) is 49.0 Å². The molecule has 8 nitrogen and oxygen atoms in total. The van der Waals surface area contributed by atoms with Crippen molar-refractivity contribution >= 4 is 11.6 Å². The predicted octanol–water partition coefficient (Wildman–Crippen LogP) is 4.63. The molecule has 2 aromatic rings. The summed E-state index contributed by atoms with van der Waals surface area (Å²) in [5, 5.41) is 0. The highest BCUT2D eigenvalue weighted by Gasteiger charge is 2.32. The van der Waals surface area contributed by atoms with Crippen molar-refractivity contribution in [3.05, 3.63) is 73.1 Å². The molecule has 0 aliphatic carbocycles. The molecule has 0 N–H and O–H groups in total. The Labute approximate surface area is 212 Å². The third-order valence-electron chi connectivity index (χ3n) is 6.40. The maximum atomic E-state index is 11.4. The zero-order chi connectivity index (χ0) is 25.9. The highest BCUT2D eigenvalue weighted by Crippen LogP contribution is 2.37. The minimum absolute atomic E-state index is 0.0488. The van der Waals surface area contributed by atoms with Crippen LogP contribution in [0.5, 0.6) is 11.8 Å². The smallest absolute Gasteiger partial charge is 0.212 e. The summed E-state index contributed by atoms with van der Waals surface area (Å²) in [7, 11) is 3.17. The fourth-order valence-corrected chi connectivity index (χ4v) is 4.47. The third-order valence-corrected chi connectivity index (χ3v) is 6.40. The van der Waals surface area contributed by atoms with Crippen LogP contribution in [0, 0.1) is 11.8 Å². The standard InChI is InChI=1S/2C14H17NO3/c2*1-3-12(16)8-10-6-7-18-14(10)11-4-5-13(17-2)15-9-11/h2*3-5,9-10,14H,1,6-8H2,2H3/t2*10-,14+/m00/s1. The number of hydrogen-bond acceptors (Lipinski definition) is 8. The molecule has 2 aliphatic heterocycles. The van der Waals surface area contributed by atoms with Gasteiger partial charge in [0.1, 0.15) is 0 Å². The molecule has 2 fully saturated rings. The molecule has 0 aromatic carbocycles. The zero-order valence-electron chi connectivity index (χ0n) is 20.9. The number of pyridine rings is 2. The van der Waals surface area contributed by atoms with Crippen molar-refractivity contribution in [3.63, 3.8) is 0 Å². The topological polar surface area (TPSA) is 96.8 Å². The zero-order valence-corrected chi connectivity index (χ0v) is 20.9. The lowest BCUT2D eigenvalue weighted by molar-refractivity contribution is -0.116. The van der Waals surface area contributed by atoms with Gasteiger partial charge in [-0.2, -0.15) is 0 Å². The van der Waals surface area contributed by atoms with E-state index in [2.05, 4.69) is 23.1 Å². The monoisotopic (exact) mass is 494 g/mol. The van der Waals surface area contributed by atoms with E-state index in [0.717, 1.165) is 24.0 Å². The molecule has 0 spiro atoms. The van der Waals surface area contributed by atoms with Gasteiger partial charge in [-0.1, -0.05) is 13.2 Å². The van der Waals surface area contributed by atoms with Gasteiger partial charge in [0.2, 0.25) is 11.8 Å². The quantitative estimate of drug-likeness (QED) is 0.441. The number of carbonyl (C=O) groups excluding carboxylic acids is 2. The predicted molar refractivity (Wildman–Crippen MR) is 135 cm³/mol. The first-order valence-corrected chi connectivity index (χ1v) is 12.0. The van der Waals surface area contributed by atoms with Gasteiger partial charge in [0.05, 0.1) is 26.4 Å². The molecule has 0 radical (unpaired) electrons. The lowest BCUT2D eigenvalue weighted by Gasteiger charge is -2.17. The van der Waals surface area contributed by atoms with Crippen molar-refractivity contribution in [2.75, 3.05) is 27.4 Å². The molecule has 2 saturated heterocycles. The number of nitrogens with zero attached hydrogens (tertiary/aromatic N) is 2. The highest BCUT2D eigenvalue weighted by molar-refractivity contribution is 5.89. The van der Waals surface area contributed by atoms with E-state index in [-0.39, 0.29) is 35.6 Å². The SMILES string of the molecule is C=CC(=O)C[C@@H]1CCO[C@H]1c1ccc(OC)nc1.C=CC(=O)C[C@@H]1CCO[C@H]1c1ccc(OC)nc1. The molecule has 0 amide bonds. The first-order chi connectivity index (χ1) is 17.5. The van der Waals surface area contributed by atoms with Crippen molar-refractivity contribution in [2.45, 2.75) is 37.9 Å². The Morgan fingerprint density at radius 3 is 1.56 bits per heavy atom. The van der Waals surface area contributed by atoms with Gasteiger partial charge in [0.15, 0.2) is 11.6 Å². The van der Waals surface area contributed by atoms with Crippen molar-refractivity contribution < 1.29 is 28.5 Å². The second kappa shape index (κ2) is 13.7. The molecule has 4 heterocycles. The molecule has 4 rings (SSSR count). The van der Waals surface area contributed by atoms with E-state index < -0.39 is 0 Å². The van der Waals surface area contributed by atoms with Gasteiger partial charge in [-0.05, 0) is 60.1 Å². The summed E-state index contributed by atoms with van der Waals surface area (Å²) in [5.74, 6) is 1.72. The number of aromatic nitrogens is 2. The number of hydrogen-bond donors (Lipinski definition) is 0. The summed E-state index contributed by atoms with van der Waals surface area (Å²) >= 11 is 0. The summed E-state index contributed by atoms with van der Waals surface area (Å²) in [5.41, 5.74) is 1.99. The minimum atomic E-state index is -0.0488. The lowest BCUT2D eigenvalue weighted by atomic mass is 9.91. The van der Waals surface area contributed by atoms with E-state index in [9.17, 15) is 9.59 Å². The Hall–Kier alpha value is -3.36. The average Bonchev–Trinajstić information content (AvgIpc) is 3.58. The van der Waals surface area contributed by atoms with E-state index >= 15 is 0 Å². The summed E-state index contributed by atoms with van der Waals surface area (Å²) in [4.78, 5) is 31.2. The molecule has 4 atom stereocenters. The van der Waals surface area contributed by atoms with E-state index in [1.165, 1.54) is 12.2 Å². The van der Waals surface area contributed by atoms with Gasteiger partial charge in [-0.25, -0.2) is 9.97 Å². The molecule has 2 aromatic heterocycles. The molecule has 0 bridgehead atoms. The molecule has 0 saturated carbocycles. The molecule has 0 unspecified atom stereocenters. The fraction of sp³-hybridized carbons (Fsp3) is 0.429. The number of rotatable bonds is 10. The van der Waals surface area contributed by atoms with Gasteiger partial charge in [0, 0.05) is 50.6 Å². The van der Waals surface area contributed by atoms with Crippen LogP contribution in [-0.2, 0) is 19.1 Å². The van der Waals surface area contributed by atoms with Crippen LogP contribution in [0.3, 0.4) is 0 Å². The Morgan fingerprint density at radius 1 is 0.833 bits per heavy atom. The van der Waals surface area contributed by atoms with Crippen LogP contribution >= 0.6 is 0 Å². The second-order valence-electron chi connectivity index (χ2n) is 8.70. The van der Waals surface area contributed by atoms with Crippen molar-refractivity contribution in [3.8, 4) is 11.8 Å². The molecule has 192 valence electrons. The summed E-state index contributed by atoms with van der Waals surface area (Å²) in [6, 6.07) is 7.49. The average molecular weight is 495 g/mol.